The molecule has 2 nitrogen and oxygen atoms in total. The third-order valence-corrected chi connectivity index (χ3v) is 3.29. The topological polar surface area (TPSA) is 26.3 Å². The summed E-state index contributed by atoms with van der Waals surface area (Å²) < 4.78 is 18.7. The van der Waals surface area contributed by atoms with E-state index in [2.05, 4.69) is 0 Å². The highest BCUT2D eigenvalue weighted by molar-refractivity contribution is 6.11. The van der Waals surface area contributed by atoms with Crippen LogP contribution in [0.2, 0.25) is 0 Å². The van der Waals surface area contributed by atoms with Crippen LogP contribution in [0.15, 0.2) is 60.2 Å². The van der Waals surface area contributed by atoms with E-state index in [9.17, 15) is 9.18 Å². The lowest BCUT2D eigenvalue weighted by Crippen LogP contribution is -2.19. The van der Waals surface area contributed by atoms with Crippen molar-refractivity contribution < 1.29 is 13.9 Å². The highest BCUT2D eigenvalue weighted by Gasteiger charge is 2.23. The summed E-state index contributed by atoms with van der Waals surface area (Å²) in [4.78, 5) is 12.3. The van der Waals surface area contributed by atoms with Crippen LogP contribution in [-0.2, 0) is 6.42 Å². The predicted molar refractivity (Wildman–Crippen MR) is 74.5 cm³/mol. The van der Waals surface area contributed by atoms with Gasteiger partial charge in [0.2, 0.25) is 0 Å². The quantitative estimate of drug-likeness (QED) is 0.778. The fourth-order valence-corrected chi connectivity index (χ4v) is 2.21. The van der Waals surface area contributed by atoms with Gasteiger partial charge in [-0.2, -0.15) is 0 Å². The number of ketones is 1. The van der Waals surface area contributed by atoms with Crippen LogP contribution < -0.4 is 4.74 Å². The fourth-order valence-electron chi connectivity index (χ4n) is 2.21. The van der Waals surface area contributed by atoms with E-state index in [0.717, 1.165) is 5.56 Å². The zero-order valence-corrected chi connectivity index (χ0v) is 10.8. The van der Waals surface area contributed by atoms with E-state index in [1.807, 2.05) is 36.4 Å². The van der Waals surface area contributed by atoms with Crippen molar-refractivity contribution in [3.63, 3.8) is 0 Å². The number of ether oxygens (including phenoxy) is 1. The minimum Gasteiger partial charge on any atom is -0.488 e. The third-order valence-electron chi connectivity index (χ3n) is 3.29. The van der Waals surface area contributed by atoms with Crippen LogP contribution in [0.5, 0.6) is 5.75 Å². The molecule has 2 aromatic rings. The van der Waals surface area contributed by atoms with Gasteiger partial charge in [-0.15, -0.1) is 0 Å². The molecule has 0 radical (unpaired) electrons. The predicted octanol–water partition coefficient (Wildman–Crippen LogP) is 3.57. The van der Waals surface area contributed by atoms with E-state index < -0.39 is 5.82 Å². The number of carbonyl (C=O) groups excluding carboxylic acids is 1. The molecular weight excluding hydrogens is 255 g/mol. The molecule has 0 saturated carbocycles. The SMILES string of the molecule is O=C1C(=CCc2ccccc2)COc2ccc(F)cc21. The third kappa shape index (κ3) is 2.48. The summed E-state index contributed by atoms with van der Waals surface area (Å²) in [7, 11) is 0. The summed E-state index contributed by atoms with van der Waals surface area (Å²) in [5.41, 5.74) is 2.00. The second kappa shape index (κ2) is 5.29. The second-order valence-electron chi connectivity index (χ2n) is 4.68. The lowest BCUT2D eigenvalue weighted by atomic mass is 9.98. The smallest absolute Gasteiger partial charge is 0.195 e. The maximum atomic E-state index is 13.2. The summed E-state index contributed by atoms with van der Waals surface area (Å²) in [6, 6.07) is 13.9. The first-order chi connectivity index (χ1) is 9.74. The largest absolute Gasteiger partial charge is 0.488 e. The molecular formula is C17H13FO2. The molecule has 3 heteroatoms. The fraction of sp³-hybridized carbons (Fsp3) is 0.118. The number of fused-ring (bicyclic) bond motifs is 1. The Bertz CT molecular complexity index is 675. The number of hydrogen-bond acceptors (Lipinski definition) is 2. The van der Waals surface area contributed by atoms with Crippen molar-refractivity contribution in [3.8, 4) is 5.75 Å². The number of Topliss-reactive ketones (excluding diaryl/α,β-unsaturated/α-hetero) is 1. The Morgan fingerprint density at radius 2 is 1.95 bits per heavy atom. The summed E-state index contributed by atoms with van der Waals surface area (Å²) in [6.45, 7) is 0.240. The molecule has 0 unspecified atom stereocenters. The molecule has 0 aliphatic carbocycles. The van der Waals surface area contributed by atoms with Crippen molar-refractivity contribution in [2.75, 3.05) is 6.61 Å². The maximum absolute atomic E-state index is 13.2. The van der Waals surface area contributed by atoms with Crippen molar-refractivity contribution in [2.24, 2.45) is 0 Å². The molecule has 1 heterocycles. The molecule has 0 spiro atoms. The van der Waals surface area contributed by atoms with Gasteiger partial charge in [0.05, 0.1) is 5.56 Å². The molecule has 1 aliphatic heterocycles. The Morgan fingerprint density at radius 3 is 2.75 bits per heavy atom. The Kier molecular flexibility index (Phi) is 3.33. The molecule has 0 amide bonds. The van der Waals surface area contributed by atoms with Crippen LogP contribution in [0, 0.1) is 5.82 Å². The molecule has 2 aromatic carbocycles. The van der Waals surface area contributed by atoms with Crippen LogP contribution >= 0.6 is 0 Å². The zero-order chi connectivity index (χ0) is 13.9. The van der Waals surface area contributed by atoms with Crippen LogP contribution in [-0.4, -0.2) is 12.4 Å². The molecule has 0 atom stereocenters. The number of benzene rings is 2. The Morgan fingerprint density at radius 1 is 1.15 bits per heavy atom. The molecule has 100 valence electrons. The summed E-state index contributed by atoms with van der Waals surface area (Å²) >= 11 is 0. The molecule has 20 heavy (non-hydrogen) atoms. The first-order valence-corrected chi connectivity index (χ1v) is 6.44. The Balaban J connectivity index is 1.85. The zero-order valence-electron chi connectivity index (χ0n) is 10.8. The van der Waals surface area contributed by atoms with Gasteiger partial charge in [0.1, 0.15) is 18.2 Å². The minimum absolute atomic E-state index is 0.151. The highest BCUT2D eigenvalue weighted by Crippen LogP contribution is 2.27. The molecule has 1 aliphatic rings. The molecule has 0 bridgehead atoms. The Hall–Kier alpha value is -2.42. The normalized spacial score (nSPS) is 15.8. The summed E-state index contributed by atoms with van der Waals surface area (Å²) in [5, 5.41) is 0. The van der Waals surface area contributed by atoms with Gasteiger partial charge < -0.3 is 4.74 Å². The molecule has 0 N–H and O–H groups in total. The van der Waals surface area contributed by atoms with E-state index in [0.29, 0.717) is 23.3 Å². The van der Waals surface area contributed by atoms with Gasteiger partial charge in [0, 0.05) is 5.57 Å². The van der Waals surface area contributed by atoms with Crippen molar-refractivity contribution in [1.82, 2.24) is 0 Å². The van der Waals surface area contributed by atoms with E-state index in [4.69, 9.17) is 4.74 Å². The van der Waals surface area contributed by atoms with Gasteiger partial charge in [-0.25, -0.2) is 4.39 Å². The first-order valence-electron chi connectivity index (χ1n) is 6.44. The molecule has 3 rings (SSSR count). The summed E-state index contributed by atoms with van der Waals surface area (Å²) in [5.74, 6) is -0.125. The van der Waals surface area contributed by atoms with Gasteiger partial charge >= 0.3 is 0 Å². The first kappa shape index (κ1) is 12.6. The number of halogens is 1. The van der Waals surface area contributed by atoms with Crippen LogP contribution in [0.1, 0.15) is 15.9 Å². The van der Waals surface area contributed by atoms with Gasteiger partial charge in [0.15, 0.2) is 5.78 Å². The monoisotopic (exact) mass is 268 g/mol. The number of allylic oxidation sites excluding steroid dienone is 1. The van der Waals surface area contributed by atoms with Crippen LogP contribution in [0.25, 0.3) is 0 Å². The lowest BCUT2D eigenvalue weighted by molar-refractivity contribution is 0.0998. The van der Waals surface area contributed by atoms with E-state index >= 15 is 0 Å². The van der Waals surface area contributed by atoms with Crippen LogP contribution in [0.3, 0.4) is 0 Å². The van der Waals surface area contributed by atoms with Gasteiger partial charge in [-0.1, -0.05) is 36.4 Å². The lowest BCUT2D eigenvalue weighted by Gasteiger charge is -2.18. The highest BCUT2D eigenvalue weighted by atomic mass is 19.1. The molecule has 0 fully saturated rings. The van der Waals surface area contributed by atoms with Gasteiger partial charge in [-0.3, -0.25) is 4.79 Å². The molecule has 0 aromatic heterocycles. The van der Waals surface area contributed by atoms with Gasteiger partial charge in [-0.05, 0) is 30.2 Å². The Labute approximate surface area is 116 Å². The average molecular weight is 268 g/mol. The number of carbonyl (C=O) groups is 1. The van der Waals surface area contributed by atoms with Crippen molar-refractivity contribution >= 4 is 5.78 Å². The maximum Gasteiger partial charge on any atom is 0.195 e. The average Bonchev–Trinajstić information content (AvgIpc) is 2.48. The number of rotatable bonds is 2. The van der Waals surface area contributed by atoms with E-state index in [1.54, 1.807) is 0 Å². The van der Waals surface area contributed by atoms with E-state index in [1.165, 1.54) is 18.2 Å². The van der Waals surface area contributed by atoms with Crippen molar-refractivity contribution in [2.45, 2.75) is 6.42 Å². The minimum atomic E-state index is -0.426. The molecule has 0 saturated heterocycles. The number of hydrogen-bond donors (Lipinski definition) is 0. The second-order valence-corrected chi connectivity index (χ2v) is 4.68. The summed E-state index contributed by atoms with van der Waals surface area (Å²) in [6.07, 6.45) is 2.52. The van der Waals surface area contributed by atoms with Crippen molar-refractivity contribution in [3.05, 3.63) is 77.1 Å². The van der Waals surface area contributed by atoms with Crippen molar-refractivity contribution in [1.29, 1.82) is 0 Å². The van der Waals surface area contributed by atoms with Gasteiger partial charge in [0.25, 0.3) is 0 Å². The standard InChI is InChI=1S/C17H13FO2/c18-14-8-9-16-15(10-14)17(19)13(11-20-16)7-6-12-4-2-1-3-5-12/h1-5,7-10H,6,11H2. The van der Waals surface area contributed by atoms with E-state index in [-0.39, 0.29) is 12.4 Å². The van der Waals surface area contributed by atoms with Crippen LogP contribution in [0.4, 0.5) is 4.39 Å².